The van der Waals surface area contributed by atoms with Crippen LogP contribution in [0.1, 0.15) is 32.3 Å². The van der Waals surface area contributed by atoms with Crippen molar-refractivity contribution in [3.8, 4) is 5.88 Å². The number of hydrogen-bond donors (Lipinski definition) is 1. The van der Waals surface area contributed by atoms with E-state index in [1.165, 1.54) is 6.07 Å². The fourth-order valence-electron chi connectivity index (χ4n) is 1.82. The number of aromatic nitrogens is 2. The third kappa shape index (κ3) is 2.33. The summed E-state index contributed by atoms with van der Waals surface area (Å²) in [6.07, 6.45) is 2.93. The first kappa shape index (κ1) is 11.7. The zero-order valence-electron chi connectivity index (χ0n) is 10.1. The summed E-state index contributed by atoms with van der Waals surface area (Å²) in [4.78, 5) is 11.4. The van der Waals surface area contributed by atoms with E-state index in [0.717, 1.165) is 30.2 Å². The Morgan fingerprint density at radius 3 is 3.00 bits per heavy atom. The van der Waals surface area contributed by atoms with E-state index < -0.39 is 0 Å². The Balaban J connectivity index is 2.53. The monoisotopic (exact) mass is 236 g/mol. The summed E-state index contributed by atoms with van der Waals surface area (Å²) in [6.45, 7) is 4.54. The molecule has 1 N–H and O–H groups in total. The average Bonchev–Trinajstić information content (AvgIpc) is 2.69. The number of nitrogens with zero attached hydrogens (tertiary/aromatic N) is 1. The summed E-state index contributed by atoms with van der Waals surface area (Å²) in [6, 6.07) is 1.52. The zero-order chi connectivity index (χ0) is 12.3. The number of unbranched alkanes of at least 4 members (excludes halogenated alkanes) is 1. The summed E-state index contributed by atoms with van der Waals surface area (Å²) >= 11 is 0. The quantitative estimate of drug-likeness (QED) is 0.864. The number of ether oxygens (including phenoxy) is 1. The van der Waals surface area contributed by atoms with Gasteiger partial charge < -0.3 is 9.15 Å². The standard InChI is InChI=1S/C12H16N2O3/c1-3-5-6-8-7-9(15)17-12-10(8)11(13-14-12)16-4-2/h7H,3-6H2,1-2H3,(H,13,14). The van der Waals surface area contributed by atoms with Gasteiger partial charge in [-0.2, -0.15) is 0 Å². The van der Waals surface area contributed by atoms with Gasteiger partial charge in [0.2, 0.25) is 11.6 Å². The van der Waals surface area contributed by atoms with Crippen LogP contribution in [0.15, 0.2) is 15.3 Å². The smallest absolute Gasteiger partial charge is 0.337 e. The number of H-pyrrole nitrogens is 1. The molecular weight excluding hydrogens is 220 g/mol. The van der Waals surface area contributed by atoms with Gasteiger partial charge in [0.05, 0.1) is 6.61 Å². The minimum atomic E-state index is -0.352. The molecule has 0 unspecified atom stereocenters. The van der Waals surface area contributed by atoms with Crippen LogP contribution < -0.4 is 10.4 Å². The fraction of sp³-hybridized carbons (Fsp3) is 0.500. The SMILES string of the molecule is CCCCc1cc(=O)oc2[nH]nc(OCC)c12. The van der Waals surface area contributed by atoms with Crippen LogP contribution >= 0.6 is 0 Å². The molecule has 5 nitrogen and oxygen atoms in total. The topological polar surface area (TPSA) is 68.1 Å². The number of hydrogen-bond acceptors (Lipinski definition) is 4. The molecule has 2 aromatic rings. The lowest BCUT2D eigenvalue weighted by Gasteiger charge is -2.03. The van der Waals surface area contributed by atoms with Crippen molar-refractivity contribution >= 4 is 11.1 Å². The fourth-order valence-corrected chi connectivity index (χ4v) is 1.82. The first-order valence-electron chi connectivity index (χ1n) is 5.90. The van der Waals surface area contributed by atoms with Gasteiger partial charge in [-0.25, -0.2) is 9.89 Å². The van der Waals surface area contributed by atoms with Gasteiger partial charge in [0.1, 0.15) is 5.39 Å². The van der Waals surface area contributed by atoms with Gasteiger partial charge in [0.15, 0.2) is 0 Å². The van der Waals surface area contributed by atoms with Gasteiger partial charge in [0.25, 0.3) is 0 Å². The van der Waals surface area contributed by atoms with Crippen molar-refractivity contribution in [1.29, 1.82) is 0 Å². The normalized spacial score (nSPS) is 10.9. The lowest BCUT2D eigenvalue weighted by molar-refractivity contribution is 0.329. The van der Waals surface area contributed by atoms with E-state index in [1.807, 2.05) is 6.92 Å². The molecule has 0 aromatic carbocycles. The Bertz CT molecular complexity index is 556. The molecule has 2 aromatic heterocycles. The summed E-state index contributed by atoms with van der Waals surface area (Å²) in [5, 5.41) is 7.50. The lowest BCUT2D eigenvalue weighted by Crippen LogP contribution is -2.01. The highest BCUT2D eigenvalue weighted by Gasteiger charge is 2.14. The number of rotatable bonds is 5. The number of aryl methyl sites for hydroxylation is 1. The van der Waals surface area contributed by atoms with Crippen molar-refractivity contribution in [3.05, 3.63) is 22.0 Å². The highest BCUT2D eigenvalue weighted by Crippen LogP contribution is 2.26. The molecule has 0 spiro atoms. The second-order valence-electron chi connectivity index (χ2n) is 3.86. The molecule has 5 heteroatoms. The summed E-state index contributed by atoms with van der Waals surface area (Å²) in [5.41, 5.74) is 0.984. The third-order valence-corrected chi connectivity index (χ3v) is 2.60. The molecule has 0 aliphatic rings. The molecule has 0 saturated carbocycles. The summed E-state index contributed by atoms with van der Waals surface area (Å²) < 4.78 is 10.5. The Kier molecular flexibility index (Phi) is 3.46. The van der Waals surface area contributed by atoms with Crippen molar-refractivity contribution in [2.75, 3.05) is 6.61 Å². The molecule has 0 aliphatic heterocycles. The van der Waals surface area contributed by atoms with E-state index in [0.29, 0.717) is 18.2 Å². The molecule has 0 aliphatic carbocycles. The van der Waals surface area contributed by atoms with Crippen LogP contribution in [0.4, 0.5) is 0 Å². The third-order valence-electron chi connectivity index (χ3n) is 2.60. The molecule has 2 rings (SSSR count). The van der Waals surface area contributed by atoms with Crippen LogP contribution in [0, 0.1) is 0 Å². The van der Waals surface area contributed by atoms with E-state index in [4.69, 9.17) is 9.15 Å². The average molecular weight is 236 g/mol. The molecule has 92 valence electrons. The van der Waals surface area contributed by atoms with Crippen molar-refractivity contribution < 1.29 is 9.15 Å². The van der Waals surface area contributed by atoms with Crippen molar-refractivity contribution in [2.45, 2.75) is 33.1 Å². The van der Waals surface area contributed by atoms with E-state index in [-0.39, 0.29) is 5.63 Å². The number of aromatic amines is 1. The Morgan fingerprint density at radius 2 is 2.29 bits per heavy atom. The van der Waals surface area contributed by atoms with Crippen LogP contribution in [0.25, 0.3) is 11.1 Å². The van der Waals surface area contributed by atoms with E-state index >= 15 is 0 Å². The van der Waals surface area contributed by atoms with Gasteiger partial charge in [-0.05, 0) is 25.3 Å². The molecule has 2 heterocycles. The van der Waals surface area contributed by atoms with Gasteiger partial charge in [-0.15, -0.1) is 5.10 Å². The van der Waals surface area contributed by atoms with Gasteiger partial charge >= 0.3 is 5.63 Å². The molecule has 0 radical (unpaired) electrons. The molecule has 0 atom stereocenters. The number of fused-ring (bicyclic) bond motifs is 1. The first-order chi connectivity index (χ1) is 8.26. The summed E-state index contributed by atoms with van der Waals surface area (Å²) in [5.74, 6) is 0.511. The minimum absolute atomic E-state index is 0.352. The molecule has 0 fully saturated rings. The maximum Gasteiger partial charge on any atom is 0.337 e. The molecule has 17 heavy (non-hydrogen) atoms. The largest absolute Gasteiger partial charge is 0.476 e. The van der Waals surface area contributed by atoms with Crippen LogP contribution in [-0.2, 0) is 6.42 Å². The molecule has 0 bridgehead atoms. The Hall–Kier alpha value is -1.78. The van der Waals surface area contributed by atoms with Crippen LogP contribution in [0.2, 0.25) is 0 Å². The maximum absolute atomic E-state index is 11.4. The van der Waals surface area contributed by atoms with Crippen LogP contribution in [-0.4, -0.2) is 16.8 Å². The van der Waals surface area contributed by atoms with Crippen LogP contribution in [0.3, 0.4) is 0 Å². The predicted molar refractivity (Wildman–Crippen MR) is 64.4 cm³/mol. The lowest BCUT2D eigenvalue weighted by atomic mass is 10.1. The molecule has 0 amide bonds. The molecule has 0 saturated heterocycles. The van der Waals surface area contributed by atoms with Crippen molar-refractivity contribution in [2.24, 2.45) is 0 Å². The second-order valence-corrected chi connectivity index (χ2v) is 3.86. The molecular formula is C12H16N2O3. The minimum Gasteiger partial charge on any atom is -0.476 e. The summed E-state index contributed by atoms with van der Waals surface area (Å²) in [7, 11) is 0. The van der Waals surface area contributed by atoms with Gasteiger partial charge in [-0.1, -0.05) is 13.3 Å². The Morgan fingerprint density at radius 1 is 1.47 bits per heavy atom. The van der Waals surface area contributed by atoms with Gasteiger partial charge in [-0.3, -0.25) is 0 Å². The number of nitrogens with one attached hydrogen (secondary N) is 1. The highest BCUT2D eigenvalue weighted by molar-refractivity contribution is 5.82. The predicted octanol–water partition coefficient (Wildman–Crippen LogP) is 2.26. The van der Waals surface area contributed by atoms with Crippen molar-refractivity contribution in [3.63, 3.8) is 0 Å². The van der Waals surface area contributed by atoms with E-state index in [2.05, 4.69) is 17.1 Å². The van der Waals surface area contributed by atoms with E-state index in [9.17, 15) is 4.79 Å². The van der Waals surface area contributed by atoms with Crippen molar-refractivity contribution in [1.82, 2.24) is 10.2 Å². The Labute approximate surface area is 98.8 Å². The second kappa shape index (κ2) is 5.03. The van der Waals surface area contributed by atoms with E-state index in [1.54, 1.807) is 0 Å². The zero-order valence-corrected chi connectivity index (χ0v) is 10.1. The highest BCUT2D eigenvalue weighted by atomic mass is 16.5. The van der Waals surface area contributed by atoms with Gasteiger partial charge in [0, 0.05) is 6.07 Å². The first-order valence-corrected chi connectivity index (χ1v) is 5.90. The van der Waals surface area contributed by atoms with Crippen LogP contribution in [0.5, 0.6) is 5.88 Å². The maximum atomic E-state index is 11.4.